The van der Waals surface area contributed by atoms with Crippen molar-refractivity contribution in [1.29, 1.82) is 0 Å². The Morgan fingerprint density at radius 3 is 2.50 bits per heavy atom. The number of benzene rings is 2. The van der Waals surface area contributed by atoms with Gasteiger partial charge in [0, 0.05) is 37.7 Å². The molecule has 4 rings (SSSR count). The molecule has 1 fully saturated rings. The molecule has 30 heavy (non-hydrogen) atoms. The summed E-state index contributed by atoms with van der Waals surface area (Å²) >= 11 is 6.18. The van der Waals surface area contributed by atoms with Crippen LogP contribution in [0.3, 0.4) is 0 Å². The lowest BCUT2D eigenvalue weighted by molar-refractivity contribution is 0.130. The number of rotatable bonds is 5. The van der Waals surface area contributed by atoms with Crippen molar-refractivity contribution in [3.05, 3.63) is 52.0 Å². The number of amides is 2. The zero-order valence-electron chi connectivity index (χ0n) is 17.2. The smallest absolute Gasteiger partial charge is 0.320 e. The average Bonchev–Trinajstić information content (AvgIpc) is 3.20. The zero-order valence-corrected chi connectivity index (χ0v) is 18.0. The predicted molar refractivity (Wildman–Crippen MR) is 114 cm³/mol. The Kier molecular flexibility index (Phi) is 6.20. The van der Waals surface area contributed by atoms with Gasteiger partial charge < -0.3 is 24.4 Å². The Morgan fingerprint density at radius 2 is 1.77 bits per heavy atom. The second-order valence-electron chi connectivity index (χ2n) is 7.59. The van der Waals surface area contributed by atoms with Gasteiger partial charge in [-0.2, -0.15) is 0 Å². The molecule has 2 aliphatic rings. The summed E-state index contributed by atoms with van der Waals surface area (Å²) < 4.78 is 16.5. The van der Waals surface area contributed by atoms with Gasteiger partial charge >= 0.3 is 6.03 Å². The fourth-order valence-corrected chi connectivity index (χ4v) is 3.80. The van der Waals surface area contributed by atoms with Crippen molar-refractivity contribution < 1.29 is 19.0 Å². The van der Waals surface area contributed by atoms with Crippen molar-refractivity contribution >= 4 is 17.6 Å². The summed E-state index contributed by atoms with van der Waals surface area (Å²) in [4.78, 5) is 16.6. The highest BCUT2D eigenvalue weighted by atomic mass is 35.5. The highest BCUT2D eigenvalue weighted by Crippen LogP contribution is 2.33. The monoisotopic (exact) mass is 431 g/mol. The maximum Gasteiger partial charge on any atom is 0.320 e. The number of carbonyl (C=O) groups is 1. The van der Waals surface area contributed by atoms with Gasteiger partial charge in [-0.3, -0.25) is 4.90 Å². The topological polar surface area (TPSA) is 63.3 Å². The van der Waals surface area contributed by atoms with Crippen molar-refractivity contribution in [3.8, 4) is 17.2 Å². The number of aryl methyl sites for hydroxylation is 2. The number of hydrogen-bond donors (Lipinski definition) is 1. The number of nitrogens with one attached hydrogen (secondary N) is 1. The van der Waals surface area contributed by atoms with Gasteiger partial charge in [-0.05, 0) is 54.8 Å². The minimum absolute atomic E-state index is 0.111. The molecule has 2 heterocycles. The quantitative estimate of drug-likeness (QED) is 0.733. The first kappa shape index (κ1) is 20.6. The summed E-state index contributed by atoms with van der Waals surface area (Å²) in [6.07, 6.45) is 0. The van der Waals surface area contributed by atoms with Crippen molar-refractivity contribution in [2.45, 2.75) is 20.4 Å². The van der Waals surface area contributed by atoms with Gasteiger partial charge in [0.15, 0.2) is 18.2 Å². The van der Waals surface area contributed by atoms with Gasteiger partial charge in [0.2, 0.25) is 6.79 Å². The van der Waals surface area contributed by atoms with E-state index in [0.29, 0.717) is 18.8 Å². The average molecular weight is 432 g/mol. The lowest BCUT2D eigenvalue weighted by atomic mass is 10.1. The molecule has 2 aromatic carbocycles. The van der Waals surface area contributed by atoms with Crippen LogP contribution in [-0.4, -0.2) is 55.5 Å². The van der Waals surface area contributed by atoms with Crippen molar-refractivity contribution in [2.24, 2.45) is 0 Å². The van der Waals surface area contributed by atoms with Gasteiger partial charge in [-0.1, -0.05) is 17.7 Å². The van der Waals surface area contributed by atoms with Crippen molar-refractivity contribution in [3.63, 3.8) is 0 Å². The molecule has 0 spiro atoms. The van der Waals surface area contributed by atoms with Crippen molar-refractivity contribution in [2.75, 3.05) is 39.7 Å². The first-order chi connectivity index (χ1) is 14.5. The van der Waals surface area contributed by atoms with E-state index in [2.05, 4.69) is 16.3 Å². The Balaban J connectivity index is 1.21. The van der Waals surface area contributed by atoms with E-state index in [4.69, 9.17) is 25.8 Å². The first-order valence-corrected chi connectivity index (χ1v) is 10.4. The van der Waals surface area contributed by atoms with Gasteiger partial charge in [0.05, 0.1) is 0 Å². The maximum absolute atomic E-state index is 12.4. The molecule has 2 amide bonds. The van der Waals surface area contributed by atoms with Crippen LogP contribution in [-0.2, 0) is 6.54 Å². The van der Waals surface area contributed by atoms with Crippen LogP contribution < -0.4 is 19.5 Å². The number of ether oxygens (including phenoxy) is 3. The zero-order chi connectivity index (χ0) is 21.1. The number of nitrogens with zero attached hydrogens (tertiary/aromatic N) is 2. The molecule has 0 aromatic heterocycles. The van der Waals surface area contributed by atoms with Gasteiger partial charge in [0.1, 0.15) is 5.75 Å². The highest BCUT2D eigenvalue weighted by molar-refractivity contribution is 6.32. The first-order valence-electron chi connectivity index (χ1n) is 10.0. The number of carbonyl (C=O) groups excluding carboxylic acids is 1. The second-order valence-corrected chi connectivity index (χ2v) is 7.97. The maximum atomic E-state index is 12.4. The third kappa shape index (κ3) is 4.74. The van der Waals surface area contributed by atoms with Crippen LogP contribution in [0.5, 0.6) is 17.2 Å². The van der Waals surface area contributed by atoms with E-state index in [-0.39, 0.29) is 19.6 Å². The number of hydrogen-bond acceptors (Lipinski definition) is 5. The molecule has 0 atom stereocenters. The molecule has 160 valence electrons. The summed E-state index contributed by atoms with van der Waals surface area (Å²) in [6, 6.07) is 9.67. The van der Waals surface area contributed by atoms with Crippen LogP contribution in [0, 0.1) is 13.8 Å². The Bertz CT molecular complexity index is 906. The largest absolute Gasteiger partial charge is 0.473 e. The summed E-state index contributed by atoms with van der Waals surface area (Å²) in [7, 11) is 0. The van der Waals surface area contributed by atoms with Crippen molar-refractivity contribution in [1.82, 2.24) is 15.1 Å². The van der Waals surface area contributed by atoms with E-state index in [9.17, 15) is 4.79 Å². The van der Waals surface area contributed by atoms with E-state index in [0.717, 1.165) is 47.3 Å². The van der Waals surface area contributed by atoms with E-state index in [1.54, 1.807) is 0 Å². The number of urea groups is 1. The molecular weight excluding hydrogens is 406 g/mol. The highest BCUT2D eigenvalue weighted by Gasteiger charge is 2.22. The van der Waals surface area contributed by atoms with Crippen LogP contribution in [0.2, 0.25) is 5.02 Å². The summed E-state index contributed by atoms with van der Waals surface area (Å²) in [5.74, 6) is 2.30. The van der Waals surface area contributed by atoms with E-state index in [1.165, 1.54) is 5.56 Å². The minimum atomic E-state index is -0.111. The van der Waals surface area contributed by atoms with Crippen LogP contribution in [0.4, 0.5) is 4.79 Å². The van der Waals surface area contributed by atoms with Crippen LogP contribution in [0.15, 0.2) is 30.3 Å². The third-order valence-corrected chi connectivity index (χ3v) is 5.97. The number of piperazine rings is 1. The molecule has 0 bridgehead atoms. The number of fused-ring (bicyclic) bond motifs is 1. The number of halogens is 1. The summed E-state index contributed by atoms with van der Waals surface area (Å²) in [6.45, 7) is 8.09. The fourth-order valence-electron chi connectivity index (χ4n) is 3.69. The lowest BCUT2D eigenvalue weighted by Gasteiger charge is -2.34. The Hall–Kier alpha value is -2.64. The van der Waals surface area contributed by atoms with Crippen LogP contribution >= 0.6 is 11.6 Å². The van der Waals surface area contributed by atoms with Crippen LogP contribution in [0.25, 0.3) is 0 Å². The van der Waals surface area contributed by atoms with E-state index in [1.807, 2.05) is 43.0 Å². The second kappa shape index (κ2) is 9.02. The molecule has 0 radical (unpaired) electrons. The summed E-state index contributed by atoms with van der Waals surface area (Å²) in [5, 5.41) is 3.57. The molecule has 1 N–H and O–H groups in total. The third-order valence-electron chi connectivity index (χ3n) is 5.37. The fraction of sp³-hybridized carbons (Fsp3) is 0.409. The molecule has 1 saturated heterocycles. The molecule has 7 nitrogen and oxygen atoms in total. The lowest BCUT2D eigenvalue weighted by Crippen LogP contribution is -2.51. The molecule has 2 aromatic rings. The van der Waals surface area contributed by atoms with Crippen LogP contribution in [0.1, 0.15) is 16.7 Å². The molecule has 0 saturated carbocycles. The molecule has 2 aliphatic heterocycles. The standard InChI is InChI=1S/C22H26ClN3O4/c1-15-9-18(10-16(2)21(15)23)28-13-24-22(27)26-7-5-25(6-8-26)12-17-3-4-19-20(11-17)30-14-29-19/h3-4,9-11H,5-8,12-14H2,1-2H3,(H,24,27). The molecule has 0 aliphatic carbocycles. The SMILES string of the molecule is Cc1cc(OCNC(=O)N2CCN(Cc3ccc4c(c3)OCO4)CC2)cc(C)c1Cl. The predicted octanol–water partition coefficient (Wildman–Crippen LogP) is 3.55. The normalized spacial score (nSPS) is 15.9. The molecule has 8 heteroatoms. The Morgan fingerprint density at radius 1 is 1.07 bits per heavy atom. The summed E-state index contributed by atoms with van der Waals surface area (Å²) in [5.41, 5.74) is 3.09. The molecule has 0 unspecified atom stereocenters. The van der Waals surface area contributed by atoms with Gasteiger partial charge in [-0.25, -0.2) is 4.79 Å². The van der Waals surface area contributed by atoms with E-state index < -0.39 is 0 Å². The minimum Gasteiger partial charge on any atom is -0.473 e. The molecular formula is C22H26ClN3O4. The Labute approximate surface area is 181 Å². The van der Waals surface area contributed by atoms with E-state index >= 15 is 0 Å². The van der Waals surface area contributed by atoms with Gasteiger partial charge in [0.25, 0.3) is 0 Å². The van der Waals surface area contributed by atoms with Gasteiger partial charge in [-0.15, -0.1) is 0 Å².